The molecule has 0 spiro atoms. The van der Waals surface area contributed by atoms with Gasteiger partial charge in [0.15, 0.2) is 11.7 Å². The van der Waals surface area contributed by atoms with Crippen molar-refractivity contribution in [3.63, 3.8) is 0 Å². The van der Waals surface area contributed by atoms with Crippen molar-refractivity contribution in [2.24, 2.45) is 16.1 Å². The van der Waals surface area contributed by atoms with Crippen molar-refractivity contribution in [3.8, 4) is 5.75 Å². The quantitative estimate of drug-likeness (QED) is 0.569. The highest BCUT2D eigenvalue weighted by Gasteiger charge is 2.32. The fourth-order valence-electron chi connectivity index (χ4n) is 1.65. The van der Waals surface area contributed by atoms with Gasteiger partial charge in [-0.1, -0.05) is 12.1 Å². The molecule has 0 saturated heterocycles. The average Bonchev–Trinajstić information content (AvgIpc) is 2.45. The molecule has 0 fully saturated rings. The number of halogens is 3. The number of nitrogens with zero attached hydrogens (tertiary/aromatic N) is 1. The van der Waals surface area contributed by atoms with Crippen LogP contribution in [0.3, 0.4) is 0 Å². The molecule has 4 N–H and O–H groups in total. The molecule has 6 nitrogen and oxygen atoms in total. The summed E-state index contributed by atoms with van der Waals surface area (Å²) in [5.41, 5.74) is 4.87. The summed E-state index contributed by atoms with van der Waals surface area (Å²) in [6.45, 7) is 3.40. The maximum Gasteiger partial charge on any atom is 0.573 e. The summed E-state index contributed by atoms with van der Waals surface area (Å²) in [6, 6.07) is 5.44. The van der Waals surface area contributed by atoms with Crippen LogP contribution >= 0.6 is 0 Å². The molecule has 1 rings (SSSR count). The number of anilines is 1. The topological polar surface area (TPSA) is 88.7 Å². The second kappa shape index (κ2) is 7.21. The van der Waals surface area contributed by atoms with Gasteiger partial charge in [0.2, 0.25) is 5.91 Å². The highest BCUT2D eigenvalue weighted by molar-refractivity contribution is 5.94. The van der Waals surface area contributed by atoms with Crippen molar-refractivity contribution in [3.05, 3.63) is 24.3 Å². The number of guanidine groups is 1. The van der Waals surface area contributed by atoms with Crippen molar-refractivity contribution in [2.75, 3.05) is 18.9 Å². The number of carbonyl (C=O) groups excluding carboxylic acids is 1. The molecule has 0 aromatic heterocycles. The van der Waals surface area contributed by atoms with E-state index in [1.807, 2.05) is 0 Å². The summed E-state index contributed by atoms with van der Waals surface area (Å²) in [7, 11) is 1.50. The van der Waals surface area contributed by atoms with Crippen LogP contribution in [0, 0.1) is 5.41 Å². The van der Waals surface area contributed by atoms with Gasteiger partial charge >= 0.3 is 6.36 Å². The van der Waals surface area contributed by atoms with Crippen molar-refractivity contribution in [1.82, 2.24) is 5.32 Å². The van der Waals surface area contributed by atoms with Crippen LogP contribution in [0.2, 0.25) is 0 Å². The highest BCUT2D eigenvalue weighted by Crippen LogP contribution is 2.29. The third-order valence-electron chi connectivity index (χ3n) is 2.86. The third kappa shape index (κ3) is 6.05. The molecule has 23 heavy (non-hydrogen) atoms. The predicted octanol–water partition coefficient (Wildman–Crippen LogP) is 2.08. The zero-order valence-electron chi connectivity index (χ0n) is 13.0. The van der Waals surface area contributed by atoms with Crippen LogP contribution in [0.25, 0.3) is 0 Å². The van der Waals surface area contributed by atoms with Gasteiger partial charge < -0.3 is 21.1 Å². The predicted molar refractivity (Wildman–Crippen MR) is 81.1 cm³/mol. The summed E-state index contributed by atoms with van der Waals surface area (Å²) in [5, 5.41) is 5.03. The van der Waals surface area contributed by atoms with E-state index in [4.69, 9.17) is 5.73 Å². The van der Waals surface area contributed by atoms with E-state index in [1.54, 1.807) is 13.8 Å². The van der Waals surface area contributed by atoms with Gasteiger partial charge in [0.05, 0.1) is 17.6 Å². The molecule has 1 aromatic carbocycles. The molecule has 0 aliphatic rings. The Morgan fingerprint density at radius 3 is 2.48 bits per heavy atom. The molecule has 0 heterocycles. The number of alkyl halides is 3. The van der Waals surface area contributed by atoms with Crippen LogP contribution in [-0.2, 0) is 4.79 Å². The largest absolute Gasteiger partial charge is 0.573 e. The minimum atomic E-state index is -4.81. The molecule has 0 aliphatic carbocycles. The lowest BCUT2D eigenvalue weighted by Crippen LogP contribution is -2.37. The Morgan fingerprint density at radius 2 is 1.91 bits per heavy atom. The first-order valence-electron chi connectivity index (χ1n) is 6.69. The molecule has 0 unspecified atom stereocenters. The molecular weight excluding hydrogens is 313 g/mol. The highest BCUT2D eigenvalue weighted by atomic mass is 19.4. The first kappa shape index (κ1) is 18.6. The van der Waals surface area contributed by atoms with Crippen LogP contribution < -0.4 is 21.1 Å². The van der Waals surface area contributed by atoms with Gasteiger partial charge in [0.1, 0.15) is 0 Å². The number of nitrogens with one attached hydrogen (secondary N) is 2. The molecule has 9 heteroatoms. The number of rotatable bonds is 5. The molecule has 0 radical (unpaired) electrons. The summed E-state index contributed by atoms with van der Waals surface area (Å²) in [5.74, 6) is -0.779. The Labute approximate surface area is 131 Å². The second-order valence-corrected chi connectivity index (χ2v) is 5.33. The number of ether oxygens (including phenoxy) is 1. The summed E-state index contributed by atoms with van der Waals surface area (Å²) >= 11 is 0. The van der Waals surface area contributed by atoms with E-state index < -0.39 is 17.5 Å². The summed E-state index contributed by atoms with van der Waals surface area (Å²) in [4.78, 5) is 15.6. The molecular formula is C14H19F3N4O2. The number of hydrogen-bond donors (Lipinski definition) is 3. The fraction of sp³-hybridized carbons (Fsp3) is 0.429. The standard InChI is InChI=1S/C14H19F3N4O2/c1-13(2,11(22)19-3)8-20-12(18)21-9-6-4-5-7-10(9)23-14(15,16)17/h4-7H,8H2,1-3H3,(H,19,22)(H3,18,20,21). The van der Waals surface area contributed by atoms with E-state index in [0.29, 0.717) is 0 Å². The van der Waals surface area contributed by atoms with Crippen molar-refractivity contribution < 1.29 is 22.7 Å². The van der Waals surface area contributed by atoms with Crippen LogP contribution in [0.15, 0.2) is 29.3 Å². The maximum atomic E-state index is 12.3. The van der Waals surface area contributed by atoms with Gasteiger partial charge in [0, 0.05) is 7.05 Å². The first-order chi connectivity index (χ1) is 10.5. The van der Waals surface area contributed by atoms with E-state index >= 15 is 0 Å². The lowest BCUT2D eigenvalue weighted by Gasteiger charge is -2.20. The Morgan fingerprint density at radius 1 is 1.30 bits per heavy atom. The first-order valence-corrected chi connectivity index (χ1v) is 6.69. The van der Waals surface area contributed by atoms with Crippen molar-refractivity contribution >= 4 is 17.6 Å². The lowest BCUT2D eigenvalue weighted by atomic mass is 9.93. The number of carbonyl (C=O) groups is 1. The lowest BCUT2D eigenvalue weighted by molar-refractivity contribution is -0.274. The summed E-state index contributed by atoms with van der Waals surface area (Å²) < 4.78 is 40.9. The van der Waals surface area contributed by atoms with E-state index in [1.165, 1.54) is 25.2 Å². The molecule has 128 valence electrons. The van der Waals surface area contributed by atoms with E-state index in [-0.39, 0.29) is 24.1 Å². The fourth-order valence-corrected chi connectivity index (χ4v) is 1.65. The van der Waals surface area contributed by atoms with Gasteiger partial charge in [0.25, 0.3) is 0 Å². The van der Waals surface area contributed by atoms with Crippen molar-refractivity contribution in [1.29, 1.82) is 0 Å². The minimum absolute atomic E-state index is 0.0174. The Bertz CT molecular complexity index is 586. The van der Waals surface area contributed by atoms with Crippen LogP contribution in [0.1, 0.15) is 13.8 Å². The molecule has 1 amide bonds. The molecule has 1 aromatic rings. The van der Waals surface area contributed by atoms with Gasteiger partial charge in [-0.15, -0.1) is 13.2 Å². The van der Waals surface area contributed by atoms with Crippen LogP contribution in [0.4, 0.5) is 18.9 Å². The smallest absolute Gasteiger partial charge is 0.404 e. The van der Waals surface area contributed by atoms with Crippen molar-refractivity contribution in [2.45, 2.75) is 20.2 Å². The molecule has 0 atom stereocenters. The SMILES string of the molecule is CNC(=O)C(C)(C)CN=C(N)Nc1ccccc1OC(F)(F)F. The maximum absolute atomic E-state index is 12.3. The van der Waals surface area contributed by atoms with E-state index in [2.05, 4.69) is 20.4 Å². The zero-order valence-corrected chi connectivity index (χ0v) is 13.0. The van der Waals surface area contributed by atoms with Gasteiger partial charge in [-0.3, -0.25) is 9.79 Å². The van der Waals surface area contributed by atoms with Gasteiger partial charge in [-0.05, 0) is 26.0 Å². The number of amides is 1. The number of benzene rings is 1. The molecule has 0 bridgehead atoms. The molecule has 0 saturated carbocycles. The Hall–Kier alpha value is -2.45. The normalized spacial score (nSPS) is 12.7. The van der Waals surface area contributed by atoms with Crippen LogP contribution in [0.5, 0.6) is 5.75 Å². The number of para-hydroxylation sites is 2. The van der Waals surface area contributed by atoms with Gasteiger partial charge in [-0.2, -0.15) is 0 Å². The van der Waals surface area contributed by atoms with Crippen LogP contribution in [-0.4, -0.2) is 31.8 Å². The monoisotopic (exact) mass is 332 g/mol. The Balaban J connectivity index is 2.83. The zero-order chi connectivity index (χ0) is 17.7. The second-order valence-electron chi connectivity index (χ2n) is 5.33. The minimum Gasteiger partial charge on any atom is -0.404 e. The van der Waals surface area contributed by atoms with Gasteiger partial charge in [-0.25, -0.2) is 0 Å². The molecule has 0 aliphatic heterocycles. The Kier molecular flexibility index (Phi) is 5.83. The number of aliphatic imine (C=N–C) groups is 1. The third-order valence-corrected chi connectivity index (χ3v) is 2.86. The number of hydrogen-bond acceptors (Lipinski definition) is 3. The average molecular weight is 332 g/mol. The van der Waals surface area contributed by atoms with E-state index in [9.17, 15) is 18.0 Å². The summed E-state index contributed by atoms with van der Waals surface area (Å²) in [6.07, 6.45) is -4.81. The number of nitrogens with two attached hydrogens (primary N) is 1. The van der Waals surface area contributed by atoms with E-state index in [0.717, 1.165) is 6.07 Å².